The Bertz CT molecular complexity index is 3500. The Morgan fingerprint density at radius 2 is 0.919 bits per heavy atom. The molecule has 290 valence electrons. The highest BCUT2D eigenvalue weighted by atomic mass is 14.9. The zero-order valence-corrected chi connectivity index (χ0v) is 34.3. The third kappa shape index (κ3) is 5.72. The van der Waals surface area contributed by atoms with Crippen LogP contribution in [0.1, 0.15) is 23.6 Å². The Kier molecular flexibility index (Phi) is 8.33. The summed E-state index contributed by atoms with van der Waals surface area (Å²) in [7, 11) is 0. The zero-order chi connectivity index (χ0) is 41.2. The summed E-state index contributed by atoms with van der Waals surface area (Å²) >= 11 is 0. The fourth-order valence-electron chi connectivity index (χ4n) is 10.1. The van der Waals surface area contributed by atoms with E-state index in [9.17, 15) is 0 Å². The van der Waals surface area contributed by atoms with Crippen molar-refractivity contribution in [3.8, 4) is 67.3 Å². The molecule has 0 spiro atoms. The van der Waals surface area contributed by atoms with Crippen LogP contribution in [-0.4, -0.2) is 9.97 Å². The van der Waals surface area contributed by atoms with E-state index in [1.807, 2.05) is 6.07 Å². The molecule has 2 heteroatoms. The number of nitrogens with zero attached hydrogens (tertiary/aromatic N) is 2. The van der Waals surface area contributed by atoms with E-state index in [1.54, 1.807) is 0 Å². The summed E-state index contributed by atoms with van der Waals surface area (Å²) in [5.41, 5.74) is 15.8. The second kappa shape index (κ2) is 14.4. The summed E-state index contributed by atoms with van der Waals surface area (Å²) in [6, 6.07) is 81.2. The Balaban J connectivity index is 0.948. The largest absolute Gasteiger partial charge is 0.228 e. The van der Waals surface area contributed by atoms with Gasteiger partial charge in [0.1, 0.15) is 0 Å². The van der Waals surface area contributed by atoms with Gasteiger partial charge >= 0.3 is 0 Å². The topological polar surface area (TPSA) is 25.8 Å². The summed E-state index contributed by atoms with van der Waals surface area (Å²) in [4.78, 5) is 10.6. The van der Waals surface area contributed by atoms with Crippen molar-refractivity contribution in [2.75, 3.05) is 0 Å². The molecule has 1 atom stereocenters. The van der Waals surface area contributed by atoms with Crippen molar-refractivity contribution < 1.29 is 0 Å². The monoisotopic (exact) mass is 788 g/mol. The van der Waals surface area contributed by atoms with Gasteiger partial charge in [0.2, 0.25) is 0 Å². The van der Waals surface area contributed by atoms with Crippen LogP contribution in [0.5, 0.6) is 0 Å². The third-order valence-electron chi connectivity index (χ3n) is 13.2. The molecule has 0 radical (unpaired) electrons. The predicted octanol–water partition coefficient (Wildman–Crippen LogP) is 15.6. The van der Waals surface area contributed by atoms with Crippen LogP contribution in [0.4, 0.5) is 0 Å². The number of fused-ring (bicyclic) bond motifs is 7. The molecule has 1 aromatic heterocycles. The van der Waals surface area contributed by atoms with Crippen molar-refractivity contribution in [1.29, 1.82) is 0 Å². The first-order chi connectivity index (χ1) is 30.6. The van der Waals surface area contributed by atoms with Gasteiger partial charge in [-0.05, 0) is 101 Å². The van der Waals surface area contributed by atoms with E-state index in [4.69, 9.17) is 9.97 Å². The van der Waals surface area contributed by atoms with Gasteiger partial charge in [0.15, 0.2) is 5.82 Å². The predicted molar refractivity (Wildman–Crippen MR) is 259 cm³/mol. The second-order valence-electron chi connectivity index (χ2n) is 16.6. The number of hydrogen-bond donors (Lipinski definition) is 0. The van der Waals surface area contributed by atoms with E-state index >= 15 is 0 Å². The van der Waals surface area contributed by atoms with Gasteiger partial charge in [-0.25, -0.2) is 9.97 Å². The van der Waals surface area contributed by atoms with Crippen molar-refractivity contribution in [2.24, 2.45) is 0 Å². The Labute approximate surface area is 361 Å². The van der Waals surface area contributed by atoms with Gasteiger partial charge in [0, 0.05) is 22.1 Å². The van der Waals surface area contributed by atoms with Gasteiger partial charge in [-0.2, -0.15) is 0 Å². The first kappa shape index (κ1) is 36.0. The first-order valence-electron chi connectivity index (χ1n) is 21.4. The maximum atomic E-state index is 5.34. The second-order valence-corrected chi connectivity index (χ2v) is 16.6. The molecule has 10 aromatic carbocycles. The minimum absolute atomic E-state index is 0.367. The molecular weight excluding hydrogens is 749 g/mol. The summed E-state index contributed by atoms with van der Waals surface area (Å²) in [6.07, 6.45) is 0. The summed E-state index contributed by atoms with van der Waals surface area (Å²) in [5.74, 6) is 0.709. The van der Waals surface area contributed by atoms with E-state index < -0.39 is 0 Å². The third-order valence-corrected chi connectivity index (χ3v) is 13.2. The molecule has 12 rings (SSSR count). The standard InChI is InChI=1S/C60H40N2/c1-60(46-19-6-3-7-20-46)54-26-13-12-23-49(54)51-24-14-25-52(58(51)60)56-38-55(61-59(62-56)44-16-4-2-5-17-44)42-31-27-39(28-32-42)40-29-33-43(34-30-40)57-48-22-11-9-18-45(48)37-53-47-21-10-8-15-41(47)35-36-50(53)57/h2-38H,1H3. The lowest BCUT2D eigenvalue weighted by Gasteiger charge is -2.30. The minimum Gasteiger partial charge on any atom is -0.228 e. The molecule has 1 aliphatic rings. The fourth-order valence-corrected chi connectivity index (χ4v) is 10.1. The lowest BCUT2D eigenvalue weighted by molar-refractivity contribution is 0.715. The average Bonchev–Trinajstić information content (AvgIpc) is 3.62. The maximum Gasteiger partial charge on any atom is 0.160 e. The minimum atomic E-state index is -0.367. The molecule has 0 saturated carbocycles. The number of benzene rings is 10. The van der Waals surface area contributed by atoms with Gasteiger partial charge in [-0.1, -0.05) is 212 Å². The zero-order valence-electron chi connectivity index (χ0n) is 34.3. The van der Waals surface area contributed by atoms with Gasteiger partial charge < -0.3 is 0 Å². The van der Waals surface area contributed by atoms with E-state index in [-0.39, 0.29) is 5.41 Å². The van der Waals surface area contributed by atoms with Crippen molar-refractivity contribution in [2.45, 2.75) is 12.3 Å². The van der Waals surface area contributed by atoms with Gasteiger partial charge in [0.05, 0.1) is 11.4 Å². The van der Waals surface area contributed by atoms with Crippen LogP contribution in [0.3, 0.4) is 0 Å². The smallest absolute Gasteiger partial charge is 0.160 e. The summed E-state index contributed by atoms with van der Waals surface area (Å²) in [5, 5.41) is 7.61. The van der Waals surface area contributed by atoms with E-state index in [1.165, 1.54) is 76.8 Å². The SMILES string of the molecule is CC1(c2ccccc2)c2ccccc2-c2cccc(-c3cc(-c4ccc(-c5ccc(-c6c7ccccc7cc7c6ccc6ccccc67)cc5)cc4)nc(-c4ccccc4)n3)c21. The molecular formula is C60H40N2. The van der Waals surface area contributed by atoms with Gasteiger partial charge in [-0.15, -0.1) is 0 Å². The molecule has 0 fully saturated rings. The normalized spacial score (nSPS) is 14.3. The molecule has 11 aromatic rings. The molecule has 0 bridgehead atoms. The molecule has 1 heterocycles. The van der Waals surface area contributed by atoms with Crippen molar-refractivity contribution in [1.82, 2.24) is 9.97 Å². The van der Waals surface area contributed by atoms with Crippen LogP contribution >= 0.6 is 0 Å². The summed E-state index contributed by atoms with van der Waals surface area (Å²) in [6.45, 7) is 2.37. The Hall–Kier alpha value is -7.94. The molecule has 62 heavy (non-hydrogen) atoms. The van der Waals surface area contributed by atoms with E-state index in [2.05, 4.69) is 225 Å². The number of rotatable bonds is 6. The molecule has 2 nitrogen and oxygen atoms in total. The Morgan fingerprint density at radius 1 is 0.339 bits per heavy atom. The first-order valence-corrected chi connectivity index (χ1v) is 21.4. The highest BCUT2D eigenvalue weighted by Gasteiger charge is 2.42. The molecule has 0 amide bonds. The van der Waals surface area contributed by atoms with E-state index in [0.29, 0.717) is 5.82 Å². The van der Waals surface area contributed by atoms with Crippen LogP contribution in [0.15, 0.2) is 224 Å². The lowest BCUT2D eigenvalue weighted by atomic mass is 9.72. The van der Waals surface area contributed by atoms with Crippen molar-refractivity contribution in [3.63, 3.8) is 0 Å². The highest BCUT2D eigenvalue weighted by Crippen LogP contribution is 2.55. The molecule has 0 N–H and O–H groups in total. The van der Waals surface area contributed by atoms with Crippen LogP contribution < -0.4 is 0 Å². The number of aromatic nitrogens is 2. The molecule has 0 saturated heterocycles. The van der Waals surface area contributed by atoms with Crippen molar-refractivity contribution >= 4 is 32.3 Å². The Morgan fingerprint density at radius 3 is 1.69 bits per heavy atom. The van der Waals surface area contributed by atoms with E-state index in [0.717, 1.165) is 33.6 Å². The van der Waals surface area contributed by atoms with Crippen LogP contribution in [0.2, 0.25) is 0 Å². The molecule has 0 aliphatic heterocycles. The van der Waals surface area contributed by atoms with Gasteiger partial charge in [-0.3, -0.25) is 0 Å². The van der Waals surface area contributed by atoms with Crippen LogP contribution in [-0.2, 0) is 5.41 Å². The van der Waals surface area contributed by atoms with Crippen LogP contribution in [0.25, 0.3) is 99.6 Å². The quantitative estimate of drug-likeness (QED) is 0.124. The average molecular weight is 789 g/mol. The summed E-state index contributed by atoms with van der Waals surface area (Å²) < 4.78 is 0. The van der Waals surface area contributed by atoms with Gasteiger partial charge in [0.25, 0.3) is 0 Å². The fraction of sp³-hybridized carbons (Fsp3) is 0.0333. The molecule has 1 unspecified atom stereocenters. The maximum absolute atomic E-state index is 5.34. The number of hydrogen-bond acceptors (Lipinski definition) is 2. The highest BCUT2D eigenvalue weighted by molar-refractivity contribution is 6.20. The van der Waals surface area contributed by atoms with Crippen LogP contribution in [0, 0.1) is 0 Å². The van der Waals surface area contributed by atoms with Crippen molar-refractivity contribution in [3.05, 3.63) is 241 Å². The molecule has 1 aliphatic carbocycles. The lowest BCUT2D eigenvalue weighted by Crippen LogP contribution is -2.23.